The summed E-state index contributed by atoms with van der Waals surface area (Å²) in [6.07, 6.45) is 0. The molecule has 1 aromatic carbocycles. The monoisotopic (exact) mass is 269 g/mol. The summed E-state index contributed by atoms with van der Waals surface area (Å²) in [6.45, 7) is 5.30. The molecule has 5 heteroatoms. The summed E-state index contributed by atoms with van der Waals surface area (Å²) in [6, 6.07) is 4.45. The summed E-state index contributed by atoms with van der Waals surface area (Å²) in [5, 5.41) is 0. The van der Waals surface area contributed by atoms with Gasteiger partial charge in [-0.25, -0.2) is 8.78 Å². The highest BCUT2D eigenvalue weighted by atomic mass is 19.2. The van der Waals surface area contributed by atoms with E-state index in [1.165, 1.54) is 12.1 Å². The number of rotatable bonds is 3. The number of nitrogens with zero attached hydrogens (tertiary/aromatic N) is 2. The Morgan fingerprint density at radius 2 is 2.05 bits per heavy atom. The van der Waals surface area contributed by atoms with Gasteiger partial charge in [-0.3, -0.25) is 4.90 Å². The van der Waals surface area contributed by atoms with Gasteiger partial charge in [0.1, 0.15) is 0 Å². The van der Waals surface area contributed by atoms with Crippen LogP contribution in [0.4, 0.5) is 8.78 Å². The molecule has 2 unspecified atom stereocenters. The quantitative estimate of drug-likeness (QED) is 0.904. The van der Waals surface area contributed by atoms with Gasteiger partial charge in [-0.1, -0.05) is 6.07 Å². The van der Waals surface area contributed by atoms with Crippen molar-refractivity contribution in [2.45, 2.75) is 19.0 Å². The predicted octanol–water partition coefficient (Wildman–Crippen LogP) is 1.60. The molecule has 1 aliphatic heterocycles. The van der Waals surface area contributed by atoms with Crippen LogP contribution >= 0.6 is 0 Å². The Kier molecular flexibility index (Phi) is 4.50. The zero-order valence-electron chi connectivity index (χ0n) is 11.4. The third-order valence-electron chi connectivity index (χ3n) is 3.98. The summed E-state index contributed by atoms with van der Waals surface area (Å²) < 4.78 is 26.3. The van der Waals surface area contributed by atoms with Gasteiger partial charge in [0.05, 0.1) is 0 Å². The molecule has 3 nitrogen and oxygen atoms in total. The molecule has 0 aliphatic carbocycles. The van der Waals surface area contributed by atoms with Crippen molar-refractivity contribution in [2.24, 2.45) is 5.73 Å². The van der Waals surface area contributed by atoms with E-state index < -0.39 is 11.6 Å². The zero-order valence-corrected chi connectivity index (χ0v) is 11.4. The number of hydrogen-bond donors (Lipinski definition) is 1. The predicted molar refractivity (Wildman–Crippen MR) is 71.8 cm³/mol. The topological polar surface area (TPSA) is 32.5 Å². The Labute approximate surface area is 113 Å². The van der Waals surface area contributed by atoms with Gasteiger partial charge in [-0.15, -0.1) is 0 Å². The van der Waals surface area contributed by atoms with Gasteiger partial charge in [-0.05, 0) is 31.7 Å². The molecule has 0 saturated carbocycles. The molecule has 0 aromatic heterocycles. The van der Waals surface area contributed by atoms with Crippen LogP contribution in [0.3, 0.4) is 0 Å². The van der Waals surface area contributed by atoms with Crippen molar-refractivity contribution < 1.29 is 8.78 Å². The molecular formula is C14H21F2N3. The van der Waals surface area contributed by atoms with Crippen LogP contribution in [0, 0.1) is 11.6 Å². The largest absolute Gasteiger partial charge is 0.329 e. The van der Waals surface area contributed by atoms with Crippen molar-refractivity contribution in [3.63, 3.8) is 0 Å². The first-order valence-corrected chi connectivity index (χ1v) is 6.62. The lowest BCUT2D eigenvalue weighted by Crippen LogP contribution is -2.52. The zero-order chi connectivity index (χ0) is 14.0. The minimum absolute atomic E-state index is 0.0498. The normalized spacial score (nSPS) is 23.5. The van der Waals surface area contributed by atoms with E-state index in [1.54, 1.807) is 6.07 Å². The molecule has 0 radical (unpaired) electrons. The number of piperazine rings is 1. The Balaban J connectivity index is 2.17. The lowest BCUT2D eigenvalue weighted by Gasteiger charge is -2.41. The van der Waals surface area contributed by atoms with Crippen LogP contribution in [0.2, 0.25) is 0 Å². The van der Waals surface area contributed by atoms with Crippen molar-refractivity contribution in [1.29, 1.82) is 0 Å². The minimum atomic E-state index is -0.814. The van der Waals surface area contributed by atoms with E-state index in [0.717, 1.165) is 25.2 Å². The highest BCUT2D eigenvalue weighted by molar-refractivity contribution is 5.22. The first kappa shape index (κ1) is 14.4. The van der Waals surface area contributed by atoms with E-state index in [1.807, 2.05) is 0 Å². The van der Waals surface area contributed by atoms with E-state index in [9.17, 15) is 8.78 Å². The Morgan fingerprint density at radius 3 is 2.63 bits per heavy atom. The van der Waals surface area contributed by atoms with Crippen LogP contribution in [0.1, 0.15) is 18.5 Å². The molecule has 0 amide bonds. The maximum Gasteiger partial charge on any atom is 0.159 e. The highest BCUT2D eigenvalue weighted by Crippen LogP contribution is 2.24. The van der Waals surface area contributed by atoms with Crippen LogP contribution in [0.25, 0.3) is 0 Å². The first-order valence-electron chi connectivity index (χ1n) is 6.62. The van der Waals surface area contributed by atoms with Gasteiger partial charge in [0, 0.05) is 38.3 Å². The van der Waals surface area contributed by atoms with Gasteiger partial charge in [-0.2, -0.15) is 0 Å². The summed E-state index contributed by atoms with van der Waals surface area (Å²) in [4.78, 5) is 4.53. The van der Waals surface area contributed by atoms with Crippen molar-refractivity contribution >= 4 is 0 Å². The molecule has 2 N–H and O–H groups in total. The molecule has 0 bridgehead atoms. The second kappa shape index (κ2) is 5.94. The van der Waals surface area contributed by atoms with Gasteiger partial charge < -0.3 is 10.6 Å². The van der Waals surface area contributed by atoms with Gasteiger partial charge in [0.2, 0.25) is 0 Å². The molecule has 2 rings (SSSR count). The number of likely N-dealkylation sites (N-methyl/N-ethyl adjacent to an activating group) is 1. The highest BCUT2D eigenvalue weighted by Gasteiger charge is 2.27. The lowest BCUT2D eigenvalue weighted by molar-refractivity contribution is 0.0740. The summed E-state index contributed by atoms with van der Waals surface area (Å²) >= 11 is 0. The molecule has 1 heterocycles. The van der Waals surface area contributed by atoms with Gasteiger partial charge in [0.15, 0.2) is 11.6 Å². The molecule has 1 aromatic rings. The fourth-order valence-electron chi connectivity index (χ4n) is 2.58. The van der Waals surface area contributed by atoms with E-state index in [0.29, 0.717) is 12.6 Å². The average Bonchev–Trinajstić information content (AvgIpc) is 2.39. The third-order valence-corrected chi connectivity index (χ3v) is 3.98. The smallest absolute Gasteiger partial charge is 0.159 e. The molecule has 2 atom stereocenters. The molecule has 1 fully saturated rings. The number of benzene rings is 1. The first-order chi connectivity index (χ1) is 9.02. The molecule has 0 spiro atoms. The summed E-state index contributed by atoms with van der Waals surface area (Å²) in [5.41, 5.74) is 6.58. The second-order valence-corrected chi connectivity index (χ2v) is 5.25. The standard InChI is InChI=1S/C14H21F2N3/c1-10-9-19(6-5-18(10)2)14(8-17)11-3-4-12(15)13(16)7-11/h3-4,7,10,14H,5-6,8-9,17H2,1-2H3. The minimum Gasteiger partial charge on any atom is -0.329 e. The molecule has 106 valence electrons. The fraction of sp³-hybridized carbons (Fsp3) is 0.571. The van der Waals surface area contributed by atoms with Crippen LogP contribution in [0.5, 0.6) is 0 Å². The van der Waals surface area contributed by atoms with Crippen molar-refractivity contribution in [3.05, 3.63) is 35.4 Å². The maximum absolute atomic E-state index is 13.3. The van der Waals surface area contributed by atoms with Crippen LogP contribution in [-0.2, 0) is 0 Å². The lowest BCUT2D eigenvalue weighted by atomic mass is 10.0. The average molecular weight is 269 g/mol. The van der Waals surface area contributed by atoms with Gasteiger partial charge >= 0.3 is 0 Å². The van der Waals surface area contributed by atoms with Crippen molar-refractivity contribution in [1.82, 2.24) is 9.80 Å². The van der Waals surface area contributed by atoms with Crippen molar-refractivity contribution in [2.75, 3.05) is 33.2 Å². The van der Waals surface area contributed by atoms with Crippen LogP contribution < -0.4 is 5.73 Å². The SMILES string of the molecule is CC1CN(C(CN)c2ccc(F)c(F)c2)CCN1C. The Morgan fingerprint density at radius 1 is 1.32 bits per heavy atom. The summed E-state index contributed by atoms with van der Waals surface area (Å²) in [5.74, 6) is -1.62. The third kappa shape index (κ3) is 3.11. The number of nitrogens with two attached hydrogens (primary N) is 1. The van der Waals surface area contributed by atoms with E-state index >= 15 is 0 Å². The van der Waals surface area contributed by atoms with Crippen LogP contribution in [-0.4, -0.2) is 49.1 Å². The molecule has 1 aliphatic rings. The van der Waals surface area contributed by atoms with E-state index in [2.05, 4.69) is 23.8 Å². The van der Waals surface area contributed by atoms with E-state index in [4.69, 9.17) is 5.73 Å². The van der Waals surface area contributed by atoms with Crippen LogP contribution in [0.15, 0.2) is 18.2 Å². The fourth-order valence-corrected chi connectivity index (χ4v) is 2.58. The van der Waals surface area contributed by atoms with Crippen molar-refractivity contribution in [3.8, 4) is 0 Å². The molecule has 19 heavy (non-hydrogen) atoms. The Hall–Kier alpha value is -1.04. The molecular weight excluding hydrogens is 248 g/mol. The summed E-state index contributed by atoms with van der Waals surface area (Å²) in [7, 11) is 2.09. The number of halogens is 2. The Bertz CT molecular complexity index is 439. The number of hydrogen-bond acceptors (Lipinski definition) is 3. The van der Waals surface area contributed by atoms with E-state index in [-0.39, 0.29) is 6.04 Å². The maximum atomic E-state index is 13.3. The van der Waals surface area contributed by atoms with Gasteiger partial charge in [0.25, 0.3) is 0 Å². The molecule has 1 saturated heterocycles. The second-order valence-electron chi connectivity index (χ2n) is 5.25.